The van der Waals surface area contributed by atoms with Gasteiger partial charge in [-0.3, -0.25) is 14.5 Å². The number of nitrogens with one attached hydrogen (secondary N) is 1. The van der Waals surface area contributed by atoms with Crippen LogP contribution in [0, 0.1) is 5.92 Å². The van der Waals surface area contributed by atoms with Crippen LogP contribution in [0.25, 0.3) is 0 Å². The minimum Gasteiger partial charge on any atom is -0.324 e. The second kappa shape index (κ2) is 6.80. The summed E-state index contributed by atoms with van der Waals surface area (Å²) in [5.74, 6) is -0.775. The third kappa shape index (κ3) is 2.61. The Balaban J connectivity index is 1.73. The number of hydrogen-bond donors (Lipinski definition) is 1. The lowest BCUT2D eigenvalue weighted by atomic mass is 9.71. The number of thiophene rings is 1. The number of carbonyl (C=O) groups is 2. The van der Waals surface area contributed by atoms with Gasteiger partial charge in [0, 0.05) is 28.7 Å². The van der Waals surface area contributed by atoms with Crippen molar-refractivity contribution in [1.29, 1.82) is 0 Å². The molecule has 1 N–H and O–H groups in total. The van der Waals surface area contributed by atoms with Gasteiger partial charge in [0.05, 0.1) is 10.8 Å². The molecule has 5 rings (SSSR count). The van der Waals surface area contributed by atoms with Gasteiger partial charge in [-0.2, -0.15) is 0 Å². The molecular weight excluding hydrogens is 404 g/mol. The number of hydrogen-bond acceptors (Lipinski definition) is 4. The molecule has 3 heterocycles. The molecule has 1 saturated heterocycles. The molecule has 0 aliphatic carbocycles. The van der Waals surface area contributed by atoms with E-state index >= 15 is 0 Å². The summed E-state index contributed by atoms with van der Waals surface area (Å²) in [6, 6.07) is 19.0. The topological polar surface area (TPSA) is 49.4 Å². The summed E-state index contributed by atoms with van der Waals surface area (Å²) >= 11 is 7.52. The number of likely N-dealkylation sites (tertiary alicyclic amines) is 1. The lowest BCUT2D eigenvalue weighted by molar-refractivity contribution is -0.126. The molecule has 146 valence electrons. The van der Waals surface area contributed by atoms with Crippen LogP contribution in [0.5, 0.6) is 0 Å². The molecule has 1 amide bonds. The van der Waals surface area contributed by atoms with Crippen molar-refractivity contribution < 1.29 is 9.59 Å². The van der Waals surface area contributed by atoms with E-state index in [4.69, 9.17) is 11.6 Å². The van der Waals surface area contributed by atoms with E-state index in [-0.39, 0.29) is 17.6 Å². The maximum Gasteiger partial charge on any atom is 0.250 e. The zero-order valence-electron chi connectivity index (χ0n) is 15.8. The summed E-state index contributed by atoms with van der Waals surface area (Å²) in [6.07, 6.45) is 0. The van der Waals surface area contributed by atoms with E-state index in [0.29, 0.717) is 16.4 Å². The number of likely N-dealkylation sites (N-methyl/N-ethyl adjacent to an activating group) is 1. The summed E-state index contributed by atoms with van der Waals surface area (Å²) in [6.45, 7) is 0.602. The third-order valence-corrected chi connectivity index (χ3v) is 7.34. The average Bonchev–Trinajstić information content (AvgIpc) is 3.42. The van der Waals surface area contributed by atoms with Crippen molar-refractivity contribution >= 4 is 40.3 Å². The molecule has 0 saturated carbocycles. The number of carbonyl (C=O) groups excluding carboxylic acids is 2. The van der Waals surface area contributed by atoms with Gasteiger partial charge < -0.3 is 5.32 Å². The number of amides is 1. The number of Topliss-reactive ketones (excluding diaryl/α,β-unsaturated/α-hetero) is 1. The van der Waals surface area contributed by atoms with Crippen LogP contribution in [0.2, 0.25) is 5.02 Å². The molecule has 2 aliphatic rings. The largest absolute Gasteiger partial charge is 0.324 e. The number of rotatable bonds is 3. The summed E-state index contributed by atoms with van der Waals surface area (Å²) in [5, 5.41) is 5.58. The lowest BCUT2D eigenvalue weighted by Crippen LogP contribution is -2.51. The van der Waals surface area contributed by atoms with Crippen molar-refractivity contribution in [3.8, 4) is 0 Å². The zero-order chi connectivity index (χ0) is 20.2. The van der Waals surface area contributed by atoms with Gasteiger partial charge in [0.2, 0.25) is 5.91 Å². The van der Waals surface area contributed by atoms with E-state index in [9.17, 15) is 9.59 Å². The van der Waals surface area contributed by atoms with Crippen molar-refractivity contribution in [3.63, 3.8) is 0 Å². The minimum atomic E-state index is -1.03. The van der Waals surface area contributed by atoms with Gasteiger partial charge >= 0.3 is 0 Å². The maximum absolute atomic E-state index is 13.8. The Morgan fingerprint density at radius 3 is 2.62 bits per heavy atom. The molecule has 0 radical (unpaired) electrons. The van der Waals surface area contributed by atoms with Crippen LogP contribution in [0.3, 0.4) is 0 Å². The number of para-hydroxylation sites is 1. The van der Waals surface area contributed by atoms with Crippen molar-refractivity contribution in [2.45, 2.75) is 11.5 Å². The predicted octanol–water partition coefficient (Wildman–Crippen LogP) is 4.78. The Kier molecular flexibility index (Phi) is 4.35. The monoisotopic (exact) mass is 422 g/mol. The first kappa shape index (κ1) is 18.6. The molecule has 1 aromatic heterocycles. The third-order valence-electron chi connectivity index (χ3n) is 6.20. The summed E-state index contributed by atoms with van der Waals surface area (Å²) in [4.78, 5) is 30.0. The van der Waals surface area contributed by atoms with Crippen molar-refractivity contribution in [2.24, 2.45) is 5.92 Å². The standard InChI is InChI=1S/C23H19ClN2O2S/c1-26-13-16(14-8-10-15(24)11-9-14)20(21(27)19-7-4-12-29-19)23(26)17-5-2-3-6-18(17)25-22(23)28/h2-12,16,20H,13H2,1H3,(H,25,28). The minimum absolute atomic E-state index is 0.0103. The molecule has 6 heteroatoms. The van der Waals surface area contributed by atoms with E-state index in [1.54, 1.807) is 0 Å². The molecule has 1 spiro atoms. The number of halogens is 1. The van der Waals surface area contributed by atoms with E-state index in [2.05, 4.69) is 5.32 Å². The van der Waals surface area contributed by atoms with E-state index < -0.39 is 11.5 Å². The Morgan fingerprint density at radius 1 is 1.14 bits per heavy atom. The first-order valence-electron chi connectivity index (χ1n) is 9.49. The lowest BCUT2D eigenvalue weighted by Gasteiger charge is -2.35. The summed E-state index contributed by atoms with van der Waals surface area (Å²) in [7, 11) is 1.94. The highest BCUT2D eigenvalue weighted by Gasteiger charge is 2.64. The van der Waals surface area contributed by atoms with Crippen molar-refractivity contribution in [2.75, 3.05) is 18.9 Å². The Labute approximate surface area is 178 Å². The Morgan fingerprint density at radius 2 is 1.90 bits per heavy atom. The molecule has 0 bridgehead atoms. The predicted molar refractivity (Wildman–Crippen MR) is 116 cm³/mol. The second-order valence-corrected chi connectivity index (χ2v) is 9.01. The van der Waals surface area contributed by atoms with Crippen LogP contribution in [-0.4, -0.2) is 30.2 Å². The zero-order valence-corrected chi connectivity index (χ0v) is 17.3. The molecule has 1 fully saturated rings. The van der Waals surface area contributed by atoms with Crippen molar-refractivity contribution in [1.82, 2.24) is 4.90 Å². The Bertz CT molecular complexity index is 1100. The smallest absolute Gasteiger partial charge is 0.250 e. The summed E-state index contributed by atoms with van der Waals surface area (Å²) in [5.41, 5.74) is 1.65. The quantitative estimate of drug-likeness (QED) is 0.618. The van der Waals surface area contributed by atoms with E-state index in [1.165, 1.54) is 11.3 Å². The number of fused-ring (bicyclic) bond motifs is 2. The molecule has 2 aromatic carbocycles. The van der Waals surface area contributed by atoms with Gasteiger partial charge in [0.15, 0.2) is 5.78 Å². The average molecular weight is 423 g/mol. The van der Waals surface area contributed by atoms with Crippen LogP contribution in [0.15, 0.2) is 66.0 Å². The highest BCUT2D eigenvalue weighted by molar-refractivity contribution is 7.12. The van der Waals surface area contributed by atoms with Crippen LogP contribution < -0.4 is 5.32 Å². The fourth-order valence-corrected chi connectivity index (χ4v) is 5.81. The van der Waals surface area contributed by atoms with Gasteiger partial charge in [-0.25, -0.2) is 0 Å². The molecule has 29 heavy (non-hydrogen) atoms. The van der Waals surface area contributed by atoms with E-state index in [1.807, 2.05) is 78.0 Å². The van der Waals surface area contributed by atoms with E-state index in [0.717, 1.165) is 16.8 Å². The van der Waals surface area contributed by atoms with Gasteiger partial charge in [-0.1, -0.05) is 48.0 Å². The second-order valence-electron chi connectivity index (χ2n) is 7.62. The molecule has 3 unspecified atom stereocenters. The highest BCUT2D eigenvalue weighted by atomic mass is 35.5. The molecular formula is C23H19ClN2O2S. The highest BCUT2D eigenvalue weighted by Crippen LogP contribution is 2.55. The summed E-state index contributed by atoms with van der Waals surface area (Å²) < 4.78 is 0. The number of benzene rings is 2. The van der Waals surface area contributed by atoms with Crippen molar-refractivity contribution in [3.05, 3.63) is 87.1 Å². The first-order chi connectivity index (χ1) is 14.0. The van der Waals surface area contributed by atoms with Gasteiger partial charge in [-0.05, 0) is 42.3 Å². The van der Waals surface area contributed by atoms with Crippen LogP contribution >= 0.6 is 22.9 Å². The maximum atomic E-state index is 13.8. The van der Waals surface area contributed by atoms with Crippen LogP contribution in [0.4, 0.5) is 5.69 Å². The molecule has 3 atom stereocenters. The fraction of sp³-hybridized carbons (Fsp3) is 0.217. The normalized spacial score (nSPS) is 25.9. The number of ketones is 1. The fourth-order valence-electron chi connectivity index (χ4n) is 4.98. The molecule has 2 aliphatic heterocycles. The van der Waals surface area contributed by atoms with Gasteiger partial charge in [-0.15, -0.1) is 11.3 Å². The SMILES string of the molecule is CN1CC(c2ccc(Cl)cc2)C(C(=O)c2cccs2)C12C(=O)Nc1ccccc12. The molecule has 4 nitrogen and oxygen atoms in total. The van der Waals surface area contributed by atoms with Gasteiger partial charge in [0.25, 0.3) is 0 Å². The van der Waals surface area contributed by atoms with Gasteiger partial charge in [0.1, 0.15) is 5.54 Å². The number of anilines is 1. The van der Waals surface area contributed by atoms with Crippen LogP contribution in [-0.2, 0) is 10.3 Å². The molecule has 3 aromatic rings. The Hall–Kier alpha value is -2.47. The number of nitrogens with zero attached hydrogens (tertiary/aromatic N) is 1. The first-order valence-corrected chi connectivity index (χ1v) is 10.7. The van der Waals surface area contributed by atoms with Crippen LogP contribution in [0.1, 0.15) is 26.7 Å².